The number of hydrogen-bond donors (Lipinski definition) is 1. The van der Waals surface area contributed by atoms with Crippen LogP contribution in [0.15, 0.2) is 60.8 Å². The second-order valence-electron chi connectivity index (χ2n) is 6.60. The Hall–Kier alpha value is -3.15. The maximum atomic E-state index is 14.0. The molecule has 0 aliphatic carbocycles. The molecule has 0 atom stereocenters. The van der Waals surface area contributed by atoms with Crippen molar-refractivity contribution in [2.75, 3.05) is 41.3 Å². The molecule has 0 unspecified atom stereocenters. The van der Waals surface area contributed by atoms with Crippen molar-refractivity contribution in [2.45, 2.75) is 6.92 Å². The van der Waals surface area contributed by atoms with Crippen molar-refractivity contribution in [3.8, 4) is 0 Å². The van der Waals surface area contributed by atoms with Gasteiger partial charge in [-0.2, -0.15) is 4.98 Å². The lowest BCUT2D eigenvalue weighted by atomic mass is 10.2. The molecule has 1 fully saturated rings. The quantitative estimate of drug-likeness (QED) is 0.759. The number of piperazine rings is 1. The van der Waals surface area contributed by atoms with Gasteiger partial charge in [0, 0.05) is 38.1 Å². The highest BCUT2D eigenvalue weighted by Crippen LogP contribution is 2.23. The molecule has 1 N–H and O–H groups in total. The first-order valence-electron chi connectivity index (χ1n) is 9.11. The second-order valence-corrected chi connectivity index (χ2v) is 6.60. The molecule has 0 saturated carbocycles. The molecule has 2 heterocycles. The number of anilines is 4. The largest absolute Gasteiger partial charge is 0.366 e. The predicted octanol–water partition coefficient (Wildman–Crippen LogP) is 3.99. The molecule has 5 nitrogen and oxygen atoms in total. The van der Waals surface area contributed by atoms with Crippen molar-refractivity contribution in [3.63, 3.8) is 0 Å². The van der Waals surface area contributed by atoms with E-state index >= 15 is 0 Å². The van der Waals surface area contributed by atoms with Crippen LogP contribution in [-0.2, 0) is 0 Å². The van der Waals surface area contributed by atoms with Crippen LogP contribution in [0.2, 0.25) is 0 Å². The standard InChI is InChI=1S/C21H22FN5/c1-16-6-2-4-8-18(16)24-21-23-11-10-20(25-21)27-14-12-26(13-15-27)19-9-5-3-7-17(19)22/h2-11H,12-15H2,1H3,(H,23,24,25). The number of rotatable bonds is 4. The van der Waals surface area contributed by atoms with E-state index in [4.69, 9.17) is 0 Å². The number of benzene rings is 2. The van der Waals surface area contributed by atoms with E-state index in [1.807, 2.05) is 49.4 Å². The van der Waals surface area contributed by atoms with Gasteiger partial charge in [-0.3, -0.25) is 0 Å². The van der Waals surface area contributed by atoms with Gasteiger partial charge < -0.3 is 15.1 Å². The highest BCUT2D eigenvalue weighted by molar-refractivity contribution is 5.59. The zero-order valence-corrected chi connectivity index (χ0v) is 15.3. The Bertz CT molecular complexity index is 922. The van der Waals surface area contributed by atoms with Crippen molar-refractivity contribution in [3.05, 3.63) is 72.2 Å². The smallest absolute Gasteiger partial charge is 0.229 e. The first kappa shape index (κ1) is 17.3. The van der Waals surface area contributed by atoms with E-state index in [0.717, 1.165) is 43.2 Å². The molecule has 1 saturated heterocycles. The lowest BCUT2D eigenvalue weighted by Gasteiger charge is -2.36. The van der Waals surface area contributed by atoms with Gasteiger partial charge in [-0.25, -0.2) is 9.37 Å². The number of para-hydroxylation sites is 2. The van der Waals surface area contributed by atoms with E-state index in [9.17, 15) is 4.39 Å². The van der Waals surface area contributed by atoms with Gasteiger partial charge in [0.2, 0.25) is 5.95 Å². The van der Waals surface area contributed by atoms with Gasteiger partial charge in [-0.1, -0.05) is 30.3 Å². The molecular weight excluding hydrogens is 341 g/mol. The van der Waals surface area contributed by atoms with E-state index in [1.54, 1.807) is 12.3 Å². The number of hydrogen-bond acceptors (Lipinski definition) is 5. The van der Waals surface area contributed by atoms with Crippen molar-refractivity contribution in [2.24, 2.45) is 0 Å². The molecule has 0 bridgehead atoms. The monoisotopic (exact) mass is 363 g/mol. The zero-order valence-electron chi connectivity index (χ0n) is 15.3. The molecule has 138 valence electrons. The van der Waals surface area contributed by atoms with Gasteiger partial charge in [0.15, 0.2) is 0 Å². The third-order valence-electron chi connectivity index (χ3n) is 4.83. The SMILES string of the molecule is Cc1ccccc1Nc1nccc(N2CCN(c3ccccc3F)CC2)n1. The van der Waals surface area contributed by atoms with E-state index in [2.05, 4.69) is 25.1 Å². The minimum Gasteiger partial charge on any atom is -0.366 e. The molecule has 1 aliphatic heterocycles. The Balaban J connectivity index is 1.44. The summed E-state index contributed by atoms with van der Waals surface area (Å²) in [4.78, 5) is 13.3. The van der Waals surface area contributed by atoms with Gasteiger partial charge in [0.05, 0.1) is 5.69 Å². The Kier molecular flexibility index (Phi) is 4.87. The van der Waals surface area contributed by atoms with Gasteiger partial charge in [0.25, 0.3) is 0 Å². The van der Waals surface area contributed by atoms with Crippen molar-refractivity contribution >= 4 is 23.1 Å². The fraction of sp³-hybridized carbons (Fsp3) is 0.238. The zero-order chi connectivity index (χ0) is 18.6. The molecule has 1 aliphatic rings. The summed E-state index contributed by atoms with van der Waals surface area (Å²) in [6, 6.07) is 16.9. The topological polar surface area (TPSA) is 44.3 Å². The Morgan fingerprint density at radius 1 is 0.889 bits per heavy atom. The molecule has 0 radical (unpaired) electrons. The number of nitrogens with one attached hydrogen (secondary N) is 1. The van der Waals surface area contributed by atoms with Crippen molar-refractivity contribution in [1.82, 2.24) is 9.97 Å². The van der Waals surface area contributed by atoms with Crippen LogP contribution in [0.4, 0.5) is 27.5 Å². The van der Waals surface area contributed by atoms with Crippen LogP contribution in [0.25, 0.3) is 0 Å². The first-order valence-corrected chi connectivity index (χ1v) is 9.11. The highest BCUT2D eigenvalue weighted by Gasteiger charge is 2.20. The molecule has 4 rings (SSSR count). The third kappa shape index (κ3) is 3.84. The summed E-state index contributed by atoms with van der Waals surface area (Å²) in [5.41, 5.74) is 2.81. The van der Waals surface area contributed by atoms with Crippen LogP contribution in [0, 0.1) is 12.7 Å². The summed E-state index contributed by atoms with van der Waals surface area (Å²) in [6.45, 7) is 5.13. The average Bonchev–Trinajstić information content (AvgIpc) is 2.71. The minimum atomic E-state index is -0.169. The molecule has 0 amide bonds. The Labute approximate surface area is 158 Å². The summed E-state index contributed by atoms with van der Waals surface area (Å²) in [5, 5.41) is 3.28. The molecule has 1 aromatic heterocycles. The number of halogens is 1. The van der Waals surface area contributed by atoms with Crippen LogP contribution in [0.3, 0.4) is 0 Å². The molecule has 0 spiro atoms. The number of aryl methyl sites for hydroxylation is 1. The van der Waals surface area contributed by atoms with Crippen molar-refractivity contribution in [1.29, 1.82) is 0 Å². The van der Waals surface area contributed by atoms with E-state index < -0.39 is 0 Å². The molecule has 2 aromatic carbocycles. The van der Waals surface area contributed by atoms with Crippen LogP contribution >= 0.6 is 0 Å². The van der Waals surface area contributed by atoms with Crippen LogP contribution in [0.5, 0.6) is 0 Å². The van der Waals surface area contributed by atoms with E-state index in [-0.39, 0.29) is 5.82 Å². The maximum Gasteiger partial charge on any atom is 0.229 e. The molecule has 27 heavy (non-hydrogen) atoms. The average molecular weight is 363 g/mol. The van der Waals surface area contributed by atoms with Gasteiger partial charge in [0.1, 0.15) is 11.6 Å². The minimum absolute atomic E-state index is 0.169. The van der Waals surface area contributed by atoms with Gasteiger partial charge in [-0.05, 0) is 36.8 Å². The summed E-state index contributed by atoms with van der Waals surface area (Å²) in [7, 11) is 0. The van der Waals surface area contributed by atoms with E-state index in [1.165, 1.54) is 6.07 Å². The predicted molar refractivity (Wildman–Crippen MR) is 107 cm³/mol. The summed E-state index contributed by atoms with van der Waals surface area (Å²) < 4.78 is 14.0. The maximum absolute atomic E-state index is 14.0. The van der Waals surface area contributed by atoms with Crippen LogP contribution in [0.1, 0.15) is 5.56 Å². The van der Waals surface area contributed by atoms with Crippen molar-refractivity contribution < 1.29 is 4.39 Å². The van der Waals surface area contributed by atoms with Crippen LogP contribution in [-0.4, -0.2) is 36.1 Å². The first-order chi connectivity index (χ1) is 13.2. The lowest BCUT2D eigenvalue weighted by Crippen LogP contribution is -2.47. The normalized spacial score (nSPS) is 14.3. The highest BCUT2D eigenvalue weighted by atomic mass is 19.1. The lowest BCUT2D eigenvalue weighted by molar-refractivity contribution is 0.596. The Morgan fingerprint density at radius 3 is 2.37 bits per heavy atom. The Morgan fingerprint density at radius 2 is 1.59 bits per heavy atom. The molecule has 3 aromatic rings. The molecular formula is C21H22FN5. The summed E-state index contributed by atoms with van der Waals surface area (Å²) >= 11 is 0. The fourth-order valence-corrected chi connectivity index (χ4v) is 3.30. The molecule has 6 heteroatoms. The number of aromatic nitrogens is 2. The summed E-state index contributed by atoms with van der Waals surface area (Å²) in [5.74, 6) is 1.30. The van der Waals surface area contributed by atoms with Gasteiger partial charge in [-0.15, -0.1) is 0 Å². The van der Waals surface area contributed by atoms with Gasteiger partial charge >= 0.3 is 0 Å². The number of nitrogens with zero attached hydrogens (tertiary/aromatic N) is 4. The summed E-state index contributed by atoms with van der Waals surface area (Å²) in [6.07, 6.45) is 1.77. The van der Waals surface area contributed by atoms with Crippen LogP contribution < -0.4 is 15.1 Å². The van der Waals surface area contributed by atoms with E-state index in [0.29, 0.717) is 11.6 Å². The third-order valence-corrected chi connectivity index (χ3v) is 4.83. The fourth-order valence-electron chi connectivity index (χ4n) is 3.30. The second kappa shape index (κ2) is 7.61.